The number of carbonyl (C=O) groups is 1. The molecule has 0 aliphatic heterocycles. The van der Waals surface area contributed by atoms with Gasteiger partial charge in [-0.2, -0.15) is 0 Å². The zero-order chi connectivity index (χ0) is 13.8. The van der Waals surface area contributed by atoms with Gasteiger partial charge in [0.05, 0.1) is 12.1 Å². The molecule has 18 heavy (non-hydrogen) atoms. The largest absolute Gasteiger partial charge is 0.368 e. The molecule has 0 aliphatic carbocycles. The number of imidazole rings is 1. The van der Waals surface area contributed by atoms with Crippen LogP contribution < -0.4 is 11.5 Å². The van der Waals surface area contributed by atoms with E-state index in [1.54, 1.807) is 13.1 Å². The van der Waals surface area contributed by atoms with Crippen molar-refractivity contribution in [2.45, 2.75) is 31.8 Å². The Kier molecular flexibility index (Phi) is 4.86. The van der Waals surface area contributed by atoms with Crippen LogP contribution in [0, 0.1) is 0 Å². The molecule has 6 nitrogen and oxygen atoms in total. The van der Waals surface area contributed by atoms with E-state index in [1.165, 1.54) is 0 Å². The molecule has 102 valence electrons. The Morgan fingerprint density at radius 1 is 1.61 bits per heavy atom. The Labute approximate surface area is 108 Å². The molecule has 1 aromatic rings. The average Bonchev–Trinajstić information content (AvgIpc) is 2.64. The number of rotatable bonds is 7. The van der Waals surface area contributed by atoms with Crippen LogP contribution in [0.3, 0.4) is 0 Å². The normalized spacial score (nSPS) is 14.7. The van der Waals surface area contributed by atoms with Gasteiger partial charge < -0.3 is 16.0 Å². The SMILES string of the molecule is CN(CCCC(C)(N)C(N)=O)Cc1nccn1C. The van der Waals surface area contributed by atoms with Crippen LogP contribution in [-0.2, 0) is 18.4 Å². The van der Waals surface area contributed by atoms with E-state index in [2.05, 4.69) is 9.88 Å². The highest BCUT2D eigenvalue weighted by Gasteiger charge is 2.24. The fraction of sp³-hybridized carbons (Fsp3) is 0.667. The van der Waals surface area contributed by atoms with Gasteiger partial charge in [0.15, 0.2) is 0 Å². The number of aromatic nitrogens is 2. The van der Waals surface area contributed by atoms with Gasteiger partial charge in [0, 0.05) is 19.4 Å². The molecule has 1 heterocycles. The van der Waals surface area contributed by atoms with Crippen LogP contribution in [0.1, 0.15) is 25.6 Å². The summed E-state index contributed by atoms with van der Waals surface area (Å²) in [5.74, 6) is 0.567. The number of aryl methyl sites for hydroxylation is 1. The second-order valence-corrected chi connectivity index (χ2v) is 5.08. The number of hydrogen-bond acceptors (Lipinski definition) is 4. The molecule has 0 saturated carbocycles. The minimum absolute atomic E-state index is 0.450. The first-order chi connectivity index (χ1) is 8.33. The van der Waals surface area contributed by atoms with Gasteiger partial charge in [-0.15, -0.1) is 0 Å². The van der Waals surface area contributed by atoms with Crippen molar-refractivity contribution in [2.24, 2.45) is 18.5 Å². The third kappa shape index (κ3) is 4.12. The van der Waals surface area contributed by atoms with Crippen molar-refractivity contribution in [1.29, 1.82) is 0 Å². The lowest BCUT2D eigenvalue weighted by molar-refractivity contribution is -0.122. The topological polar surface area (TPSA) is 90.2 Å². The second kappa shape index (κ2) is 5.97. The molecule has 1 aromatic heterocycles. The van der Waals surface area contributed by atoms with Crippen LogP contribution in [0.5, 0.6) is 0 Å². The Bertz CT molecular complexity index is 399. The molecule has 1 amide bonds. The summed E-state index contributed by atoms with van der Waals surface area (Å²) in [6.45, 7) is 3.31. The summed E-state index contributed by atoms with van der Waals surface area (Å²) < 4.78 is 1.99. The Morgan fingerprint density at radius 2 is 2.28 bits per heavy atom. The lowest BCUT2D eigenvalue weighted by Gasteiger charge is -2.22. The molecule has 0 radical (unpaired) electrons. The van der Waals surface area contributed by atoms with Gasteiger partial charge >= 0.3 is 0 Å². The smallest absolute Gasteiger partial charge is 0.237 e. The summed E-state index contributed by atoms with van der Waals surface area (Å²) >= 11 is 0. The third-order valence-electron chi connectivity index (χ3n) is 3.13. The van der Waals surface area contributed by atoms with E-state index >= 15 is 0 Å². The van der Waals surface area contributed by atoms with Crippen molar-refractivity contribution in [2.75, 3.05) is 13.6 Å². The highest BCUT2D eigenvalue weighted by molar-refractivity contribution is 5.83. The van der Waals surface area contributed by atoms with Crippen molar-refractivity contribution in [3.05, 3.63) is 18.2 Å². The Morgan fingerprint density at radius 3 is 2.78 bits per heavy atom. The van der Waals surface area contributed by atoms with Crippen LogP contribution in [0.4, 0.5) is 0 Å². The number of hydrogen-bond donors (Lipinski definition) is 2. The molecule has 0 aromatic carbocycles. The Balaban J connectivity index is 2.32. The van der Waals surface area contributed by atoms with E-state index in [1.807, 2.05) is 24.9 Å². The van der Waals surface area contributed by atoms with Crippen molar-refractivity contribution in [3.8, 4) is 0 Å². The van der Waals surface area contributed by atoms with Gasteiger partial charge in [0.2, 0.25) is 5.91 Å². The molecule has 4 N–H and O–H groups in total. The summed E-state index contributed by atoms with van der Waals surface area (Å²) in [5.41, 5.74) is 10.1. The fourth-order valence-corrected chi connectivity index (χ4v) is 1.71. The van der Waals surface area contributed by atoms with Crippen LogP contribution in [-0.4, -0.2) is 39.5 Å². The maximum absolute atomic E-state index is 11.1. The summed E-state index contributed by atoms with van der Waals surface area (Å²) in [6, 6.07) is 0. The predicted octanol–water partition coefficient (Wildman–Crippen LogP) is -0.165. The number of nitrogens with two attached hydrogens (primary N) is 2. The van der Waals surface area contributed by atoms with Crippen LogP contribution in [0.25, 0.3) is 0 Å². The second-order valence-electron chi connectivity index (χ2n) is 5.08. The third-order valence-corrected chi connectivity index (χ3v) is 3.13. The lowest BCUT2D eigenvalue weighted by atomic mass is 9.96. The predicted molar refractivity (Wildman–Crippen MR) is 70.6 cm³/mol. The van der Waals surface area contributed by atoms with Crippen molar-refractivity contribution >= 4 is 5.91 Å². The molecule has 1 atom stereocenters. The first kappa shape index (κ1) is 14.7. The van der Waals surface area contributed by atoms with Gasteiger partial charge in [0.1, 0.15) is 5.82 Å². The van der Waals surface area contributed by atoms with E-state index in [0.29, 0.717) is 6.42 Å². The standard InChI is InChI=1S/C12H23N5O/c1-12(14,11(13)18)5-4-7-16(2)9-10-15-6-8-17(10)3/h6,8H,4-5,7,9,14H2,1-3H3,(H2,13,18). The number of primary amides is 1. The fourth-order valence-electron chi connectivity index (χ4n) is 1.71. The van der Waals surface area contributed by atoms with Crippen LogP contribution >= 0.6 is 0 Å². The average molecular weight is 253 g/mol. The minimum atomic E-state index is -0.913. The molecular weight excluding hydrogens is 230 g/mol. The van der Waals surface area contributed by atoms with E-state index in [0.717, 1.165) is 25.3 Å². The summed E-state index contributed by atoms with van der Waals surface area (Å²) in [5, 5.41) is 0. The highest BCUT2D eigenvalue weighted by atomic mass is 16.1. The maximum Gasteiger partial charge on any atom is 0.237 e. The number of nitrogens with zero attached hydrogens (tertiary/aromatic N) is 3. The number of carbonyl (C=O) groups excluding carboxylic acids is 1. The van der Waals surface area contributed by atoms with Crippen molar-refractivity contribution in [3.63, 3.8) is 0 Å². The lowest BCUT2D eigenvalue weighted by Crippen LogP contribution is -2.49. The first-order valence-corrected chi connectivity index (χ1v) is 6.06. The van der Waals surface area contributed by atoms with Gasteiger partial charge in [0.25, 0.3) is 0 Å². The van der Waals surface area contributed by atoms with E-state index in [-0.39, 0.29) is 0 Å². The highest BCUT2D eigenvalue weighted by Crippen LogP contribution is 2.09. The molecular formula is C12H23N5O. The molecule has 0 fully saturated rings. The zero-order valence-electron chi connectivity index (χ0n) is 11.4. The summed E-state index contributed by atoms with van der Waals surface area (Å²) in [4.78, 5) is 17.5. The molecule has 0 saturated heterocycles. The van der Waals surface area contributed by atoms with Gasteiger partial charge in [-0.1, -0.05) is 0 Å². The Hall–Kier alpha value is -1.40. The minimum Gasteiger partial charge on any atom is -0.368 e. The molecule has 1 rings (SSSR count). The molecule has 0 aliphatic rings. The van der Waals surface area contributed by atoms with Gasteiger partial charge in [-0.05, 0) is 33.4 Å². The molecule has 6 heteroatoms. The van der Waals surface area contributed by atoms with Gasteiger partial charge in [-0.3, -0.25) is 9.69 Å². The van der Waals surface area contributed by atoms with Crippen LogP contribution in [0.15, 0.2) is 12.4 Å². The van der Waals surface area contributed by atoms with Gasteiger partial charge in [-0.25, -0.2) is 4.98 Å². The number of amides is 1. The molecule has 0 spiro atoms. The first-order valence-electron chi connectivity index (χ1n) is 6.06. The monoisotopic (exact) mass is 253 g/mol. The van der Waals surface area contributed by atoms with E-state index in [9.17, 15) is 4.79 Å². The van der Waals surface area contributed by atoms with Crippen molar-refractivity contribution < 1.29 is 4.79 Å². The molecule has 1 unspecified atom stereocenters. The molecule has 0 bridgehead atoms. The van der Waals surface area contributed by atoms with E-state index in [4.69, 9.17) is 11.5 Å². The summed E-state index contributed by atoms with van der Waals surface area (Å²) in [6.07, 6.45) is 5.13. The van der Waals surface area contributed by atoms with Crippen molar-refractivity contribution in [1.82, 2.24) is 14.5 Å². The van der Waals surface area contributed by atoms with E-state index < -0.39 is 11.4 Å². The maximum atomic E-state index is 11.1. The quantitative estimate of drug-likeness (QED) is 0.706. The summed E-state index contributed by atoms with van der Waals surface area (Å²) in [7, 11) is 3.99. The van der Waals surface area contributed by atoms with Crippen LogP contribution in [0.2, 0.25) is 0 Å². The zero-order valence-corrected chi connectivity index (χ0v) is 11.4.